The maximum Gasteiger partial charge on any atom is 0.275 e. The molecular weight excluding hydrogens is 368 g/mol. The van der Waals surface area contributed by atoms with Crippen molar-refractivity contribution in [3.05, 3.63) is 35.4 Å². The first-order chi connectivity index (χ1) is 13.9. The van der Waals surface area contributed by atoms with E-state index in [1.165, 1.54) is 11.1 Å². The van der Waals surface area contributed by atoms with E-state index in [0.29, 0.717) is 12.5 Å². The lowest BCUT2D eigenvalue weighted by Gasteiger charge is -2.47. The minimum absolute atomic E-state index is 0.102. The summed E-state index contributed by atoms with van der Waals surface area (Å²) >= 11 is 0. The molecule has 2 saturated heterocycles. The van der Waals surface area contributed by atoms with Crippen molar-refractivity contribution in [3.8, 4) is 0 Å². The van der Waals surface area contributed by atoms with Crippen molar-refractivity contribution in [3.63, 3.8) is 0 Å². The van der Waals surface area contributed by atoms with Crippen molar-refractivity contribution in [2.75, 3.05) is 45.8 Å². The standard InChI is InChI=1S/C22H35F2N3.C2H6/c1-4-19-5-7-20(8-6-19)9-11-25-12-10-21(22(23,24)17-25)27-15-13-26(14-16-27)18(2)3;1-2/h5-8,18,21H,4,9-17H2,1-3H3;1-2H3. The van der Waals surface area contributed by atoms with Crippen molar-refractivity contribution < 1.29 is 8.78 Å². The molecule has 5 heteroatoms. The third-order valence-corrected chi connectivity index (χ3v) is 6.31. The van der Waals surface area contributed by atoms with Crippen molar-refractivity contribution in [1.82, 2.24) is 14.7 Å². The Kier molecular flexibility index (Phi) is 9.51. The van der Waals surface area contributed by atoms with Gasteiger partial charge in [-0.2, -0.15) is 0 Å². The maximum atomic E-state index is 14.9. The minimum atomic E-state index is -2.62. The van der Waals surface area contributed by atoms with E-state index in [9.17, 15) is 8.78 Å². The highest BCUT2D eigenvalue weighted by molar-refractivity contribution is 5.22. The number of piperazine rings is 1. The summed E-state index contributed by atoms with van der Waals surface area (Å²) in [6.45, 7) is 15.2. The fourth-order valence-electron chi connectivity index (χ4n) is 4.43. The van der Waals surface area contributed by atoms with Crippen molar-refractivity contribution in [1.29, 1.82) is 0 Å². The van der Waals surface area contributed by atoms with Crippen molar-refractivity contribution in [2.24, 2.45) is 0 Å². The number of hydrogen-bond donors (Lipinski definition) is 0. The Balaban J connectivity index is 0.00000145. The van der Waals surface area contributed by atoms with Gasteiger partial charge in [-0.3, -0.25) is 14.7 Å². The van der Waals surface area contributed by atoms with Crippen LogP contribution in [0.2, 0.25) is 0 Å². The van der Waals surface area contributed by atoms with Gasteiger partial charge in [0.1, 0.15) is 0 Å². The highest BCUT2D eigenvalue weighted by Crippen LogP contribution is 2.32. The van der Waals surface area contributed by atoms with Crippen LogP contribution in [-0.4, -0.2) is 78.5 Å². The van der Waals surface area contributed by atoms with Crippen LogP contribution in [0.5, 0.6) is 0 Å². The smallest absolute Gasteiger partial charge is 0.275 e. The van der Waals surface area contributed by atoms with Gasteiger partial charge < -0.3 is 0 Å². The molecule has 3 rings (SSSR count). The van der Waals surface area contributed by atoms with E-state index < -0.39 is 12.0 Å². The second kappa shape index (κ2) is 11.4. The number of likely N-dealkylation sites (tertiary alicyclic amines) is 1. The van der Waals surface area contributed by atoms with Gasteiger partial charge in [0.2, 0.25) is 0 Å². The lowest BCUT2D eigenvalue weighted by atomic mass is 9.97. The van der Waals surface area contributed by atoms with E-state index >= 15 is 0 Å². The molecule has 0 bridgehead atoms. The highest BCUT2D eigenvalue weighted by atomic mass is 19.3. The Bertz CT molecular complexity index is 580. The predicted molar refractivity (Wildman–Crippen MR) is 119 cm³/mol. The largest absolute Gasteiger partial charge is 0.298 e. The number of halogens is 2. The zero-order valence-electron chi connectivity index (χ0n) is 19.1. The summed E-state index contributed by atoms with van der Waals surface area (Å²) in [6.07, 6.45) is 2.45. The average molecular weight is 410 g/mol. The van der Waals surface area contributed by atoms with Gasteiger partial charge >= 0.3 is 0 Å². The first-order valence-corrected chi connectivity index (χ1v) is 11.5. The molecule has 1 aromatic carbocycles. The van der Waals surface area contributed by atoms with Gasteiger partial charge in [-0.15, -0.1) is 0 Å². The molecule has 0 spiro atoms. The molecule has 29 heavy (non-hydrogen) atoms. The fraction of sp³-hybridized carbons (Fsp3) is 0.750. The molecule has 2 aliphatic heterocycles. The van der Waals surface area contributed by atoms with E-state index in [1.807, 2.05) is 23.6 Å². The van der Waals surface area contributed by atoms with Crippen LogP contribution in [0, 0.1) is 0 Å². The van der Waals surface area contributed by atoms with Gasteiger partial charge in [0.15, 0.2) is 0 Å². The highest BCUT2D eigenvalue weighted by Gasteiger charge is 2.47. The number of benzene rings is 1. The molecule has 1 aromatic rings. The van der Waals surface area contributed by atoms with Gasteiger partial charge in [0.25, 0.3) is 5.92 Å². The summed E-state index contributed by atoms with van der Waals surface area (Å²) in [5, 5.41) is 0. The number of piperidine rings is 1. The van der Waals surface area contributed by atoms with Crippen LogP contribution in [0.3, 0.4) is 0 Å². The summed E-state index contributed by atoms with van der Waals surface area (Å²) in [7, 11) is 0. The second-order valence-corrected chi connectivity index (χ2v) is 8.43. The zero-order chi connectivity index (χ0) is 21.4. The van der Waals surface area contributed by atoms with Crippen LogP contribution in [0.15, 0.2) is 24.3 Å². The third kappa shape index (κ3) is 6.73. The summed E-state index contributed by atoms with van der Waals surface area (Å²) in [6, 6.07) is 8.48. The number of alkyl halides is 2. The van der Waals surface area contributed by atoms with Gasteiger partial charge in [0.05, 0.1) is 12.6 Å². The van der Waals surface area contributed by atoms with Gasteiger partial charge in [-0.25, -0.2) is 8.78 Å². The molecular formula is C24H41F2N3. The Morgan fingerprint density at radius 2 is 1.55 bits per heavy atom. The summed E-state index contributed by atoms with van der Waals surface area (Å²) in [5.41, 5.74) is 2.56. The molecule has 0 amide bonds. The molecule has 0 aliphatic carbocycles. The van der Waals surface area contributed by atoms with E-state index in [4.69, 9.17) is 0 Å². The van der Waals surface area contributed by atoms with Crippen molar-refractivity contribution >= 4 is 0 Å². The fourth-order valence-corrected chi connectivity index (χ4v) is 4.43. The molecule has 1 unspecified atom stereocenters. The molecule has 0 saturated carbocycles. The van der Waals surface area contributed by atoms with Crippen LogP contribution in [0.1, 0.15) is 52.2 Å². The topological polar surface area (TPSA) is 9.72 Å². The molecule has 2 heterocycles. The second-order valence-electron chi connectivity index (χ2n) is 8.43. The lowest BCUT2D eigenvalue weighted by molar-refractivity contribution is -0.134. The average Bonchev–Trinajstić information content (AvgIpc) is 2.73. The Hall–Kier alpha value is -1.04. The monoisotopic (exact) mass is 409 g/mol. The van der Waals surface area contributed by atoms with E-state index in [1.54, 1.807) is 0 Å². The lowest BCUT2D eigenvalue weighted by Crippen LogP contribution is -2.62. The van der Waals surface area contributed by atoms with Crippen LogP contribution >= 0.6 is 0 Å². The quantitative estimate of drug-likeness (QED) is 0.682. The summed E-state index contributed by atoms with van der Waals surface area (Å²) < 4.78 is 29.8. The van der Waals surface area contributed by atoms with Gasteiger partial charge in [0, 0.05) is 45.3 Å². The normalized spacial score (nSPS) is 23.7. The number of rotatable bonds is 6. The van der Waals surface area contributed by atoms with Gasteiger partial charge in [-0.05, 0) is 44.2 Å². The predicted octanol–water partition coefficient (Wildman–Crippen LogP) is 4.55. The minimum Gasteiger partial charge on any atom is -0.298 e. The SMILES string of the molecule is CC.CCc1ccc(CCN2CCC(N3CCN(C(C)C)CC3)C(F)(F)C2)cc1. The maximum absolute atomic E-state index is 14.9. The first kappa shape index (κ1) is 24.2. The Morgan fingerprint density at radius 1 is 0.966 bits per heavy atom. The first-order valence-electron chi connectivity index (χ1n) is 11.5. The Morgan fingerprint density at radius 3 is 2.07 bits per heavy atom. The number of aryl methyl sites for hydroxylation is 1. The van der Waals surface area contributed by atoms with Gasteiger partial charge in [-0.1, -0.05) is 45.0 Å². The Labute approximate surface area is 177 Å². The molecule has 3 nitrogen and oxygen atoms in total. The van der Waals surface area contributed by atoms with Crippen LogP contribution in [0.4, 0.5) is 8.78 Å². The van der Waals surface area contributed by atoms with Crippen molar-refractivity contribution in [2.45, 2.75) is 71.9 Å². The van der Waals surface area contributed by atoms with E-state index in [0.717, 1.165) is 52.1 Å². The third-order valence-electron chi connectivity index (χ3n) is 6.31. The summed E-state index contributed by atoms with van der Waals surface area (Å²) in [4.78, 5) is 6.38. The van der Waals surface area contributed by atoms with Crippen LogP contribution < -0.4 is 0 Å². The molecule has 2 fully saturated rings. The number of hydrogen-bond acceptors (Lipinski definition) is 3. The van der Waals surface area contributed by atoms with E-state index in [-0.39, 0.29) is 6.54 Å². The number of nitrogens with zero attached hydrogens (tertiary/aromatic N) is 3. The van der Waals surface area contributed by atoms with E-state index in [2.05, 4.69) is 49.9 Å². The zero-order valence-corrected chi connectivity index (χ0v) is 19.1. The molecule has 2 aliphatic rings. The van der Waals surface area contributed by atoms with Crippen LogP contribution in [0.25, 0.3) is 0 Å². The van der Waals surface area contributed by atoms with Crippen LogP contribution in [-0.2, 0) is 12.8 Å². The molecule has 0 aromatic heterocycles. The molecule has 166 valence electrons. The summed E-state index contributed by atoms with van der Waals surface area (Å²) in [5.74, 6) is -2.62. The molecule has 0 radical (unpaired) electrons. The molecule has 0 N–H and O–H groups in total. The molecule has 1 atom stereocenters.